The predicted octanol–water partition coefficient (Wildman–Crippen LogP) is 2.89. The zero-order chi connectivity index (χ0) is 19.9. The van der Waals surface area contributed by atoms with Crippen molar-refractivity contribution in [2.45, 2.75) is 5.22 Å². The SMILES string of the molecule is COC(=O)c1ccccc1NC(=O)COC(=O)CSc1nc2ccccc2o1. The molecule has 3 rings (SSSR count). The predicted molar refractivity (Wildman–Crippen MR) is 102 cm³/mol. The number of rotatable bonds is 7. The number of carbonyl (C=O) groups excluding carboxylic acids is 3. The van der Waals surface area contributed by atoms with Gasteiger partial charge in [0.25, 0.3) is 11.1 Å². The van der Waals surface area contributed by atoms with Crippen LogP contribution in [0.3, 0.4) is 0 Å². The highest BCUT2D eigenvalue weighted by Crippen LogP contribution is 2.23. The van der Waals surface area contributed by atoms with Gasteiger partial charge in [-0.1, -0.05) is 36.0 Å². The molecule has 0 spiro atoms. The summed E-state index contributed by atoms with van der Waals surface area (Å²) in [6.07, 6.45) is 0. The van der Waals surface area contributed by atoms with Crippen molar-refractivity contribution in [3.05, 3.63) is 54.1 Å². The highest BCUT2D eigenvalue weighted by atomic mass is 32.2. The lowest BCUT2D eigenvalue weighted by atomic mass is 10.2. The summed E-state index contributed by atoms with van der Waals surface area (Å²) < 4.78 is 15.1. The number of para-hydroxylation sites is 3. The van der Waals surface area contributed by atoms with Crippen molar-refractivity contribution in [2.75, 3.05) is 24.8 Å². The van der Waals surface area contributed by atoms with Gasteiger partial charge in [-0.15, -0.1) is 0 Å². The first-order valence-corrected chi connectivity index (χ1v) is 9.16. The van der Waals surface area contributed by atoms with E-state index in [4.69, 9.17) is 9.15 Å². The fourth-order valence-corrected chi connectivity index (χ4v) is 2.92. The van der Waals surface area contributed by atoms with Gasteiger partial charge in [-0.3, -0.25) is 9.59 Å². The molecule has 0 bridgehead atoms. The van der Waals surface area contributed by atoms with Crippen LogP contribution in [0, 0.1) is 0 Å². The molecule has 0 radical (unpaired) electrons. The van der Waals surface area contributed by atoms with E-state index in [2.05, 4.69) is 15.0 Å². The molecular weight excluding hydrogens is 384 g/mol. The van der Waals surface area contributed by atoms with E-state index in [9.17, 15) is 14.4 Å². The summed E-state index contributed by atoms with van der Waals surface area (Å²) in [5, 5.41) is 2.86. The van der Waals surface area contributed by atoms with Crippen molar-refractivity contribution in [2.24, 2.45) is 0 Å². The Hall–Kier alpha value is -3.33. The quantitative estimate of drug-likeness (QED) is 0.476. The van der Waals surface area contributed by atoms with Gasteiger partial charge in [0.05, 0.1) is 18.4 Å². The molecule has 28 heavy (non-hydrogen) atoms. The summed E-state index contributed by atoms with van der Waals surface area (Å²) in [4.78, 5) is 39.8. The minimum atomic E-state index is -0.594. The zero-order valence-corrected chi connectivity index (χ0v) is 15.7. The minimum Gasteiger partial charge on any atom is -0.465 e. The van der Waals surface area contributed by atoms with Crippen LogP contribution >= 0.6 is 11.8 Å². The summed E-state index contributed by atoms with van der Waals surface area (Å²) >= 11 is 1.07. The van der Waals surface area contributed by atoms with Gasteiger partial charge in [0.1, 0.15) is 11.3 Å². The van der Waals surface area contributed by atoms with E-state index in [1.165, 1.54) is 13.2 Å². The first kappa shape index (κ1) is 19.4. The minimum absolute atomic E-state index is 0.0567. The zero-order valence-electron chi connectivity index (χ0n) is 14.8. The number of nitrogens with zero attached hydrogens (tertiary/aromatic N) is 1. The maximum atomic E-state index is 12.0. The monoisotopic (exact) mass is 400 g/mol. The number of thioether (sulfide) groups is 1. The number of carbonyl (C=O) groups is 3. The molecule has 8 nitrogen and oxygen atoms in total. The number of hydrogen-bond donors (Lipinski definition) is 1. The van der Waals surface area contributed by atoms with Gasteiger partial charge in [0, 0.05) is 0 Å². The topological polar surface area (TPSA) is 108 Å². The molecule has 0 atom stereocenters. The number of hydrogen-bond acceptors (Lipinski definition) is 8. The van der Waals surface area contributed by atoms with E-state index in [-0.39, 0.29) is 17.0 Å². The van der Waals surface area contributed by atoms with Crippen LogP contribution in [-0.2, 0) is 19.1 Å². The van der Waals surface area contributed by atoms with Gasteiger partial charge in [-0.25, -0.2) is 9.78 Å². The van der Waals surface area contributed by atoms with E-state index in [0.717, 1.165) is 11.8 Å². The second kappa shape index (κ2) is 9.05. The van der Waals surface area contributed by atoms with Crippen LogP contribution in [0.4, 0.5) is 5.69 Å². The molecule has 1 amide bonds. The largest absolute Gasteiger partial charge is 0.465 e. The molecular formula is C19H16N2O6S. The smallest absolute Gasteiger partial charge is 0.339 e. The lowest BCUT2D eigenvalue weighted by Gasteiger charge is -2.09. The summed E-state index contributed by atoms with van der Waals surface area (Å²) in [6, 6.07) is 13.6. The molecule has 1 heterocycles. The molecule has 0 aliphatic carbocycles. The molecule has 0 saturated carbocycles. The molecule has 2 aromatic carbocycles. The van der Waals surface area contributed by atoms with Crippen LogP contribution in [-0.4, -0.2) is 42.3 Å². The first-order valence-electron chi connectivity index (χ1n) is 8.18. The number of esters is 2. The molecule has 1 N–H and O–H groups in total. The third-order valence-corrected chi connectivity index (χ3v) is 4.36. The third-order valence-electron chi connectivity index (χ3n) is 3.56. The average molecular weight is 400 g/mol. The number of methoxy groups -OCH3 is 1. The van der Waals surface area contributed by atoms with Crippen molar-refractivity contribution in [1.82, 2.24) is 4.98 Å². The summed E-state index contributed by atoms with van der Waals surface area (Å²) in [7, 11) is 1.25. The van der Waals surface area contributed by atoms with Gasteiger partial charge in [0.2, 0.25) is 0 Å². The summed E-state index contributed by atoms with van der Waals surface area (Å²) in [5.41, 5.74) is 1.80. The van der Waals surface area contributed by atoms with E-state index < -0.39 is 24.5 Å². The van der Waals surface area contributed by atoms with E-state index in [0.29, 0.717) is 16.3 Å². The molecule has 9 heteroatoms. The lowest BCUT2D eigenvalue weighted by Crippen LogP contribution is -2.22. The van der Waals surface area contributed by atoms with Crippen molar-refractivity contribution in [3.8, 4) is 0 Å². The average Bonchev–Trinajstić information content (AvgIpc) is 3.13. The Labute approximate surface area is 164 Å². The number of ether oxygens (including phenoxy) is 2. The van der Waals surface area contributed by atoms with Crippen LogP contribution in [0.15, 0.2) is 58.2 Å². The fourth-order valence-electron chi connectivity index (χ4n) is 2.29. The number of oxazole rings is 1. The molecule has 3 aromatic rings. The molecule has 0 saturated heterocycles. The number of anilines is 1. The van der Waals surface area contributed by atoms with Gasteiger partial charge in [0.15, 0.2) is 12.2 Å². The lowest BCUT2D eigenvalue weighted by molar-refractivity contribution is -0.144. The van der Waals surface area contributed by atoms with Crippen molar-refractivity contribution < 1.29 is 28.3 Å². The van der Waals surface area contributed by atoms with Gasteiger partial charge < -0.3 is 19.2 Å². The van der Waals surface area contributed by atoms with Crippen LogP contribution in [0.2, 0.25) is 0 Å². The highest BCUT2D eigenvalue weighted by molar-refractivity contribution is 7.99. The van der Waals surface area contributed by atoms with Gasteiger partial charge in [-0.05, 0) is 24.3 Å². The highest BCUT2D eigenvalue weighted by Gasteiger charge is 2.15. The van der Waals surface area contributed by atoms with E-state index in [1.54, 1.807) is 30.3 Å². The number of amides is 1. The Morgan fingerprint density at radius 2 is 1.86 bits per heavy atom. The van der Waals surface area contributed by atoms with Crippen LogP contribution in [0.1, 0.15) is 10.4 Å². The molecule has 144 valence electrons. The number of benzene rings is 2. The van der Waals surface area contributed by atoms with Crippen molar-refractivity contribution in [1.29, 1.82) is 0 Å². The van der Waals surface area contributed by atoms with Crippen molar-refractivity contribution >= 4 is 46.4 Å². The summed E-state index contributed by atoms with van der Waals surface area (Å²) in [6.45, 7) is -0.484. The molecule has 0 fully saturated rings. The maximum Gasteiger partial charge on any atom is 0.339 e. The Morgan fingerprint density at radius 1 is 1.11 bits per heavy atom. The Kier molecular flexibility index (Phi) is 6.28. The number of aromatic nitrogens is 1. The Bertz CT molecular complexity index is 983. The van der Waals surface area contributed by atoms with Crippen LogP contribution in [0.25, 0.3) is 11.1 Å². The van der Waals surface area contributed by atoms with E-state index >= 15 is 0 Å². The molecule has 0 unspecified atom stereocenters. The van der Waals surface area contributed by atoms with Crippen LogP contribution in [0.5, 0.6) is 0 Å². The van der Waals surface area contributed by atoms with Crippen molar-refractivity contribution in [3.63, 3.8) is 0 Å². The molecule has 0 aliphatic heterocycles. The van der Waals surface area contributed by atoms with Gasteiger partial charge >= 0.3 is 11.9 Å². The fraction of sp³-hybridized carbons (Fsp3) is 0.158. The normalized spacial score (nSPS) is 10.5. The number of fused-ring (bicyclic) bond motifs is 1. The van der Waals surface area contributed by atoms with Gasteiger partial charge in [-0.2, -0.15) is 0 Å². The Balaban J connectivity index is 1.48. The Morgan fingerprint density at radius 3 is 2.64 bits per heavy atom. The second-order valence-electron chi connectivity index (χ2n) is 5.48. The molecule has 0 aliphatic rings. The first-order chi connectivity index (χ1) is 13.6. The maximum absolute atomic E-state index is 12.0. The standard InChI is InChI=1S/C19H16N2O6S/c1-25-18(24)12-6-2-3-7-13(12)20-16(22)10-26-17(23)11-28-19-21-14-8-4-5-9-15(14)27-19/h2-9H,10-11H2,1H3,(H,20,22). The van der Waals surface area contributed by atoms with E-state index in [1.807, 2.05) is 12.1 Å². The third kappa shape index (κ3) is 4.89. The molecule has 1 aromatic heterocycles. The van der Waals surface area contributed by atoms with Crippen LogP contribution < -0.4 is 5.32 Å². The second-order valence-corrected chi connectivity index (χ2v) is 6.41. The summed E-state index contributed by atoms with van der Waals surface area (Å²) in [5.74, 6) is -1.80. The number of nitrogens with one attached hydrogen (secondary N) is 1.